The van der Waals surface area contributed by atoms with E-state index in [-0.39, 0.29) is 11.3 Å². The fourth-order valence-electron chi connectivity index (χ4n) is 3.10. The summed E-state index contributed by atoms with van der Waals surface area (Å²) in [5, 5.41) is 10.6. The second kappa shape index (κ2) is 6.59. The molecule has 2 N–H and O–H groups in total. The highest BCUT2D eigenvalue weighted by atomic mass is 79.9. The van der Waals surface area contributed by atoms with Crippen molar-refractivity contribution in [3.8, 4) is 5.75 Å². The van der Waals surface area contributed by atoms with Gasteiger partial charge >= 0.3 is 0 Å². The summed E-state index contributed by atoms with van der Waals surface area (Å²) >= 11 is 11.3. The Balaban J connectivity index is 1.79. The molecule has 0 fully saturated rings. The van der Waals surface area contributed by atoms with Crippen LogP contribution in [0.4, 0.5) is 0 Å². The molecule has 1 aromatic carbocycles. The molecule has 0 atom stereocenters. The lowest BCUT2D eigenvalue weighted by atomic mass is 9.97. The summed E-state index contributed by atoms with van der Waals surface area (Å²) in [5.74, 6) is 0.521. The molecule has 0 unspecified atom stereocenters. The number of aromatic nitrogens is 2. The number of aromatic amines is 1. The minimum absolute atomic E-state index is 0.127. The molecule has 4 nitrogen and oxygen atoms in total. The number of hydrogen-bond acceptors (Lipinski definition) is 4. The van der Waals surface area contributed by atoms with Gasteiger partial charge in [-0.25, -0.2) is 4.98 Å². The van der Waals surface area contributed by atoms with Gasteiger partial charge in [-0.05, 0) is 70.9 Å². The van der Waals surface area contributed by atoms with E-state index in [2.05, 4.69) is 25.9 Å². The first-order valence-corrected chi connectivity index (χ1v) is 9.92. The van der Waals surface area contributed by atoms with E-state index in [0.29, 0.717) is 15.3 Å². The van der Waals surface area contributed by atoms with Crippen molar-refractivity contribution in [2.45, 2.75) is 25.7 Å². The van der Waals surface area contributed by atoms with Crippen LogP contribution in [0.2, 0.25) is 0 Å². The molecule has 0 radical (unpaired) electrons. The van der Waals surface area contributed by atoms with E-state index in [1.54, 1.807) is 35.6 Å². The summed E-state index contributed by atoms with van der Waals surface area (Å²) in [7, 11) is 0. The van der Waals surface area contributed by atoms with E-state index in [4.69, 9.17) is 11.6 Å². The topological polar surface area (TPSA) is 66.0 Å². The van der Waals surface area contributed by atoms with Crippen LogP contribution in [0.3, 0.4) is 0 Å². The zero-order chi connectivity index (χ0) is 17.6. The van der Waals surface area contributed by atoms with Gasteiger partial charge in [0, 0.05) is 4.88 Å². The molecule has 7 heteroatoms. The van der Waals surface area contributed by atoms with E-state index in [9.17, 15) is 9.90 Å². The van der Waals surface area contributed by atoms with Crippen LogP contribution in [-0.4, -0.2) is 15.1 Å². The van der Waals surface area contributed by atoms with Crippen LogP contribution in [-0.2, 0) is 12.8 Å². The van der Waals surface area contributed by atoms with Gasteiger partial charge in [-0.1, -0.05) is 17.7 Å². The SMILES string of the molecule is O=c1[nH]c(/C(Cl)=C/c2ccc(O)c(Br)c2)nc2sc3c(c12)CCCC3. The Morgan fingerprint density at radius 1 is 1.36 bits per heavy atom. The van der Waals surface area contributed by atoms with E-state index >= 15 is 0 Å². The number of benzene rings is 1. The zero-order valence-electron chi connectivity index (χ0n) is 13.1. The predicted molar refractivity (Wildman–Crippen MR) is 106 cm³/mol. The smallest absolute Gasteiger partial charge is 0.260 e. The van der Waals surface area contributed by atoms with Gasteiger partial charge in [-0.2, -0.15) is 0 Å². The third kappa shape index (κ3) is 3.14. The highest BCUT2D eigenvalue weighted by molar-refractivity contribution is 9.10. The zero-order valence-corrected chi connectivity index (χ0v) is 16.3. The maximum absolute atomic E-state index is 12.6. The van der Waals surface area contributed by atoms with Crippen molar-refractivity contribution < 1.29 is 5.11 Å². The van der Waals surface area contributed by atoms with Crippen LogP contribution in [0.25, 0.3) is 21.3 Å². The summed E-state index contributed by atoms with van der Waals surface area (Å²) < 4.78 is 0.577. The molecule has 0 saturated carbocycles. The summed E-state index contributed by atoms with van der Waals surface area (Å²) in [5.41, 5.74) is 1.83. The van der Waals surface area contributed by atoms with Crippen molar-refractivity contribution in [3.05, 3.63) is 54.9 Å². The predicted octanol–water partition coefficient (Wildman–Crippen LogP) is 5.07. The molecule has 0 aliphatic heterocycles. The molecule has 1 aliphatic carbocycles. The molecular weight excluding hydrogens is 424 g/mol. The van der Waals surface area contributed by atoms with Crippen LogP contribution < -0.4 is 5.56 Å². The first kappa shape index (κ1) is 16.8. The molecule has 0 saturated heterocycles. The highest BCUT2D eigenvalue weighted by Crippen LogP contribution is 2.34. The molecule has 25 heavy (non-hydrogen) atoms. The third-order valence-electron chi connectivity index (χ3n) is 4.32. The number of phenols is 1. The molecule has 4 rings (SSSR count). The number of nitrogens with one attached hydrogen (secondary N) is 1. The fraction of sp³-hybridized carbons (Fsp3) is 0.222. The number of halogens is 2. The van der Waals surface area contributed by atoms with Crippen molar-refractivity contribution in [2.75, 3.05) is 0 Å². The lowest BCUT2D eigenvalue weighted by Crippen LogP contribution is -2.12. The monoisotopic (exact) mass is 436 g/mol. The molecule has 2 heterocycles. The van der Waals surface area contributed by atoms with Crippen LogP contribution in [0.15, 0.2) is 27.5 Å². The Kier molecular flexibility index (Phi) is 4.43. The van der Waals surface area contributed by atoms with Crippen molar-refractivity contribution in [2.24, 2.45) is 0 Å². The first-order chi connectivity index (χ1) is 12.0. The molecule has 0 bridgehead atoms. The van der Waals surface area contributed by atoms with E-state index in [1.807, 2.05) is 0 Å². The van der Waals surface area contributed by atoms with Gasteiger partial charge in [-0.3, -0.25) is 4.79 Å². The summed E-state index contributed by atoms with van der Waals surface area (Å²) in [4.78, 5) is 22.0. The standard InChI is InChI=1S/C18H14BrClN2O2S/c19-11-7-9(5-6-13(11)23)8-12(20)16-21-17(24)15-10-3-1-2-4-14(10)25-18(15)22-16/h5-8,23H,1-4H2,(H,21,22,24)/b12-8-. The molecule has 3 aromatic rings. The maximum atomic E-state index is 12.6. The normalized spacial score (nSPS) is 14.7. The number of phenolic OH excluding ortho intramolecular Hbond substituents is 1. The van der Waals surface area contributed by atoms with E-state index in [1.165, 1.54) is 11.3 Å². The Labute approximate surface area is 161 Å². The third-order valence-corrected chi connectivity index (χ3v) is 6.43. The highest BCUT2D eigenvalue weighted by Gasteiger charge is 2.20. The van der Waals surface area contributed by atoms with Crippen LogP contribution in [0, 0.1) is 0 Å². The summed E-state index contributed by atoms with van der Waals surface area (Å²) in [6.07, 6.45) is 5.97. The first-order valence-electron chi connectivity index (χ1n) is 7.93. The van der Waals surface area contributed by atoms with Crippen LogP contribution >= 0.6 is 38.9 Å². The maximum Gasteiger partial charge on any atom is 0.260 e. The quantitative estimate of drug-likeness (QED) is 0.588. The number of nitrogens with zero attached hydrogens (tertiary/aromatic N) is 1. The molecule has 0 amide bonds. The molecule has 128 valence electrons. The Hall–Kier alpha value is -1.63. The van der Waals surface area contributed by atoms with Gasteiger partial charge in [0.25, 0.3) is 5.56 Å². The molecular formula is C18H14BrClN2O2S. The Morgan fingerprint density at radius 2 is 2.16 bits per heavy atom. The number of rotatable bonds is 2. The van der Waals surface area contributed by atoms with Gasteiger partial charge in [0.1, 0.15) is 10.6 Å². The van der Waals surface area contributed by atoms with Gasteiger partial charge in [-0.15, -0.1) is 11.3 Å². The number of H-pyrrole nitrogens is 1. The number of hydrogen-bond donors (Lipinski definition) is 2. The lowest BCUT2D eigenvalue weighted by Gasteiger charge is -2.09. The van der Waals surface area contributed by atoms with Gasteiger partial charge in [0.15, 0.2) is 5.82 Å². The Morgan fingerprint density at radius 3 is 2.96 bits per heavy atom. The van der Waals surface area contributed by atoms with Gasteiger partial charge < -0.3 is 10.1 Å². The van der Waals surface area contributed by atoms with Crippen molar-refractivity contribution >= 4 is 60.2 Å². The fourth-order valence-corrected chi connectivity index (χ4v) is 4.98. The number of aryl methyl sites for hydroxylation is 2. The lowest BCUT2D eigenvalue weighted by molar-refractivity contribution is 0.472. The molecule has 1 aliphatic rings. The average molecular weight is 438 g/mol. The van der Waals surface area contributed by atoms with Crippen LogP contribution in [0.5, 0.6) is 5.75 Å². The van der Waals surface area contributed by atoms with Crippen molar-refractivity contribution in [1.82, 2.24) is 9.97 Å². The van der Waals surface area contributed by atoms with Crippen molar-refractivity contribution in [3.63, 3.8) is 0 Å². The van der Waals surface area contributed by atoms with E-state index < -0.39 is 0 Å². The molecule has 2 aromatic heterocycles. The minimum atomic E-state index is -0.127. The summed E-state index contributed by atoms with van der Waals surface area (Å²) in [6, 6.07) is 5.06. The summed E-state index contributed by atoms with van der Waals surface area (Å²) in [6.45, 7) is 0. The number of fused-ring (bicyclic) bond motifs is 3. The van der Waals surface area contributed by atoms with Gasteiger partial charge in [0.2, 0.25) is 0 Å². The average Bonchev–Trinajstić information content (AvgIpc) is 2.97. The second-order valence-electron chi connectivity index (χ2n) is 6.01. The minimum Gasteiger partial charge on any atom is -0.507 e. The molecule has 0 spiro atoms. The second-order valence-corrected chi connectivity index (χ2v) is 8.35. The van der Waals surface area contributed by atoms with Crippen LogP contribution in [0.1, 0.15) is 34.7 Å². The largest absolute Gasteiger partial charge is 0.507 e. The Bertz CT molecular complexity index is 1070. The van der Waals surface area contributed by atoms with E-state index in [0.717, 1.165) is 40.6 Å². The number of thiophene rings is 1. The number of aromatic hydroxyl groups is 1. The van der Waals surface area contributed by atoms with Crippen molar-refractivity contribution in [1.29, 1.82) is 0 Å². The van der Waals surface area contributed by atoms with Gasteiger partial charge in [0.05, 0.1) is 14.9 Å².